The topological polar surface area (TPSA) is 41.6 Å². The Labute approximate surface area is 79.2 Å². The third-order valence-electron chi connectivity index (χ3n) is 2.36. The van der Waals surface area contributed by atoms with Gasteiger partial charge in [-0.1, -0.05) is 6.92 Å². The predicted octanol–water partition coefficient (Wildman–Crippen LogP) is -0.157. The van der Waals surface area contributed by atoms with E-state index in [4.69, 9.17) is 4.74 Å². The number of nitrogens with zero attached hydrogens (tertiary/aromatic N) is 1. The predicted molar refractivity (Wildman–Crippen MR) is 50.5 cm³/mol. The molecule has 1 saturated heterocycles. The summed E-state index contributed by atoms with van der Waals surface area (Å²) in [7, 11) is 1.66. The summed E-state index contributed by atoms with van der Waals surface area (Å²) in [6.45, 7) is 5.07. The van der Waals surface area contributed by atoms with Gasteiger partial charge in [0.1, 0.15) is 0 Å². The van der Waals surface area contributed by atoms with E-state index >= 15 is 0 Å². The van der Waals surface area contributed by atoms with E-state index in [1.54, 1.807) is 7.11 Å². The van der Waals surface area contributed by atoms with Crippen molar-refractivity contribution in [2.24, 2.45) is 0 Å². The molecule has 0 bridgehead atoms. The maximum absolute atomic E-state index is 11.7. The summed E-state index contributed by atoms with van der Waals surface area (Å²) in [4.78, 5) is 13.5. The highest BCUT2D eigenvalue weighted by Gasteiger charge is 2.25. The van der Waals surface area contributed by atoms with E-state index in [1.807, 2.05) is 11.8 Å². The van der Waals surface area contributed by atoms with Crippen LogP contribution in [0.25, 0.3) is 0 Å². The number of carbonyl (C=O) groups is 1. The minimum Gasteiger partial charge on any atom is -0.383 e. The van der Waals surface area contributed by atoms with Gasteiger partial charge in [0.05, 0.1) is 12.6 Å². The van der Waals surface area contributed by atoms with E-state index in [2.05, 4.69) is 5.32 Å². The summed E-state index contributed by atoms with van der Waals surface area (Å²) in [5.74, 6) is 0.214. The lowest BCUT2D eigenvalue weighted by atomic mass is 10.1. The molecular weight excluding hydrogens is 168 g/mol. The van der Waals surface area contributed by atoms with E-state index in [1.165, 1.54) is 0 Å². The fourth-order valence-electron chi connectivity index (χ4n) is 1.53. The van der Waals surface area contributed by atoms with E-state index in [0.29, 0.717) is 13.2 Å². The highest BCUT2D eigenvalue weighted by atomic mass is 16.5. The molecule has 1 rings (SSSR count). The highest BCUT2D eigenvalue weighted by Crippen LogP contribution is 2.03. The third kappa shape index (κ3) is 2.67. The number of piperazine rings is 1. The van der Waals surface area contributed by atoms with Gasteiger partial charge in [-0.3, -0.25) is 4.79 Å². The van der Waals surface area contributed by atoms with Crippen LogP contribution in [0.2, 0.25) is 0 Å². The van der Waals surface area contributed by atoms with Gasteiger partial charge in [0, 0.05) is 26.7 Å². The van der Waals surface area contributed by atoms with Crippen LogP contribution in [0.15, 0.2) is 0 Å². The quantitative estimate of drug-likeness (QED) is 0.663. The summed E-state index contributed by atoms with van der Waals surface area (Å²) in [6.07, 6.45) is 0.863. The summed E-state index contributed by atoms with van der Waals surface area (Å²) in [6, 6.07) is 0.0191. The van der Waals surface area contributed by atoms with Gasteiger partial charge in [0.2, 0.25) is 5.91 Å². The Hall–Kier alpha value is -0.610. The van der Waals surface area contributed by atoms with Crippen molar-refractivity contribution < 1.29 is 9.53 Å². The molecule has 1 amide bonds. The van der Waals surface area contributed by atoms with E-state index in [9.17, 15) is 4.79 Å². The van der Waals surface area contributed by atoms with Crippen LogP contribution in [0.1, 0.15) is 13.3 Å². The molecule has 0 aromatic heterocycles. The van der Waals surface area contributed by atoms with Crippen LogP contribution in [-0.2, 0) is 9.53 Å². The summed E-state index contributed by atoms with van der Waals surface area (Å²) in [5.41, 5.74) is 0. The Morgan fingerprint density at radius 3 is 3.08 bits per heavy atom. The number of hydrogen-bond donors (Lipinski definition) is 1. The van der Waals surface area contributed by atoms with Gasteiger partial charge < -0.3 is 15.0 Å². The fourth-order valence-corrected chi connectivity index (χ4v) is 1.53. The standard InChI is InChI=1S/C9H18N2O2/c1-3-8-9(12)11(5-4-10-8)6-7-13-2/h8,10H,3-7H2,1-2H3. The van der Waals surface area contributed by atoms with Crippen molar-refractivity contribution in [1.82, 2.24) is 10.2 Å². The molecule has 1 aliphatic heterocycles. The van der Waals surface area contributed by atoms with Crippen molar-refractivity contribution in [2.75, 3.05) is 33.4 Å². The average molecular weight is 186 g/mol. The first-order valence-electron chi connectivity index (χ1n) is 4.80. The number of rotatable bonds is 4. The number of nitrogens with one attached hydrogen (secondary N) is 1. The number of ether oxygens (including phenoxy) is 1. The summed E-state index contributed by atoms with van der Waals surface area (Å²) >= 11 is 0. The monoisotopic (exact) mass is 186 g/mol. The minimum atomic E-state index is 0.0191. The van der Waals surface area contributed by atoms with Crippen LogP contribution in [0, 0.1) is 0 Å². The molecule has 1 atom stereocenters. The Kier molecular flexibility index (Phi) is 4.18. The summed E-state index contributed by atoms with van der Waals surface area (Å²) < 4.78 is 4.95. The maximum atomic E-state index is 11.7. The Bertz CT molecular complexity index is 173. The Morgan fingerprint density at radius 1 is 1.69 bits per heavy atom. The third-order valence-corrected chi connectivity index (χ3v) is 2.36. The van der Waals surface area contributed by atoms with Crippen molar-refractivity contribution in [2.45, 2.75) is 19.4 Å². The molecule has 4 heteroatoms. The molecule has 0 saturated carbocycles. The smallest absolute Gasteiger partial charge is 0.239 e. The van der Waals surface area contributed by atoms with Crippen molar-refractivity contribution in [3.05, 3.63) is 0 Å². The van der Waals surface area contributed by atoms with E-state index in [-0.39, 0.29) is 11.9 Å². The molecule has 76 valence electrons. The van der Waals surface area contributed by atoms with Gasteiger partial charge in [-0.15, -0.1) is 0 Å². The molecule has 1 N–H and O–H groups in total. The van der Waals surface area contributed by atoms with Crippen molar-refractivity contribution in [1.29, 1.82) is 0 Å². The van der Waals surface area contributed by atoms with Gasteiger partial charge in [-0.2, -0.15) is 0 Å². The highest BCUT2D eigenvalue weighted by molar-refractivity contribution is 5.82. The molecule has 1 fully saturated rings. The number of amides is 1. The molecule has 0 spiro atoms. The van der Waals surface area contributed by atoms with Crippen molar-refractivity contribution in [3.63, 3.8) is 0 Å². The largest absolute Gasteiger partial charge is 0.383 e. The van der Waals surface area contributed by atoms with Crippen LogP contribution >= 0.6 is 0 Å². The Balaban J connectivity index is 2.40. The first-order valence-corrected chi connectivity index (χ1v) is 4.80. The zero-order chi connectivity index (χ0) is 9.68. The average Bonchev–Trinajstić information content (AvgIpc) is 2.16. The van der Waals surface area contributed by atoms with Crippen molar-refractivity contribution >= 4 is 5.91 Å². The van der Waals surface area contributed by atoms with Crippen LogP contribution in [0.3, 0.4) is 0 Å². The van der Waals surface area contributed by atoms with Crippen LogP contribution in [0.4, 0.5) is 0 Å². The lowest BCUT2D eigenvalue weighted by Crippen LogP contribution is -2.55. The molecule has 0 aliphatic carbocycles. The normalized spacial score (nSPS) is 23.7. The molecule has 0 aromatic rings. The number of methoxy groups -OCH3 is 1. The molecule has 1 unspecified atom stereocenters. The maximum Gasteiger partial charge on any atom is 0.239 e. The van der Waals surface area contributed by atoms with Gasteiger partial charge in [-0.25, -0.2) is 0 Å². The molecule has 1 heterocycles. The van der Waals surface area contributed by atoms with Gasteiger partial charge in [0.25, 0.3) is 0 Å². The molecule has 0 radical (unpaired) electrons. The zero-order valence-electron chi connectivity index (χ0n) is 8.38. The van der Waals surface area contributed by atoms with E-state index in [0.717, 1.165) is 19.5 Å². The molecule has 0 aromatic carbocycles. The minimum absolute atomic E-state index is 0.0191. The summed E-state index contributed by atoms with van der Waals surface area (Å²) in [5, 5.41) is 3.19. The molecule has 4 nitrogen and oxygen atoms in total. The lowest BCUT2D eigenvalue weighted by Gasteiger charge is -2.32. The zero-order valence-corrected chi connectivity index (χ0v) is 8.38. The SMILES string of the molecule is CCC1NCCN(CCOC)C1=O. The fraction of sp³-hybridized carbons (Fsp3) is 0.889. The van der Waals surface area contributed by atoms with Gasteiger partial charge in [0.15, 0.2) is 0 Å². The number of hydrogen-bond acceptors (Lipinski definition) is 3. The first-order chi connectivity index (χ1) is 6.29. The van der Waals surface area contributed by atoms with Crippen molar-refractivity contribution in [3.8, 4) is 0 Å². The first kappa shape index (κ1) is 10.5. The second-order valence-electron chi connectivity index (χ2n) is 3.23. The van der Waals surface area contributed by atoms with Crippen LogP contribution in [0.5, 0.6) is 0 Å². The molecular formula is C9H18N2O2. The number of carbonyl (C=O) groups excluding carboxylic acids is 1. The van der Waals surface area contributed by atoms with Crippen LogP contribution < -0.4 is 5.32 Å². The second-order valence-corrected chi connectivity index (χ2v) is 3.23. The van der Waals surface area contributed by atoms with Crippen LogP contribution in [-0.4, -0.2) is 50.2 Å². The Morgan fingerprint density at radius 2 is 2.46 bits per heavy atom. The van der Waals surface area contributed by atoms with E-state index < -0.39 is 0 Å². The lowest BCUT2D eigenvalue weighted by molar-refractivity contribution is -0.136. The van der Waals surface area contributed by atoms with Gasteiger partial charge >= 0.3 is 0 Å². The molecule has 13 heavy (non-hydrogen) atoms. The second kappa shape index (κ2) is 5.19. The molecule has 1 aliphatic rings. The van der Waals surface area contributed by atoms with Gasteiger partial charge in [-0.05, 0) is 6.42 Å².